The van der Waals surface area contributed by atoms with Gasteiger partial charge >= 0.3 is 0 Å². The summed E-state index contributed by atoms with van der Waals surface area (Å²) in [7, 11) is 0. The molecule has 1 aliphatic carbocycles. The lowest BCUT2D eigenvalue weighted by atomic mass is 9.92. The first-order chi connectivity index (χ1) is 10.1. The van der Waals surface area contributed by atoms with E-state index in [1.165, 1.54) is 16.9 Å². The fraction of sp³-hybridized carbons (Fsp3) is 0.562. The van der Waals surface area contributed by atoms with Gasteiger partial charge in [0.05, 0.1) is 21.7 Å². The average Bonchev–Trinajstić information content (AvgIpc) is 3.10. The molecule has 0 saturated heterocycles. The van der Waals surface area contributed by atoms with Gasteiger partial charge in [0.1, 0.15) is 0 Å². The molecule has 2 aromatic rings. The SMILES string of the molecule is Cc1nc(-c2cc([C@H](C)N[C@H]3CCCC[C@@H]3O)cs2)cs1. The van der Waals surface area contributed by atoms with Gasteiger partial charge in [-0.05, 0) is 43.7 Å². The molecule has 3 atom stereocenters. The molecule has 0 unspecified atom stereocenters. The molecule has 0 radical (unpaired) electrons. The maximum Gasteiger partial charge on any atom is 0.0914 e. The molecule has 0 bridgehead atoms. The zero-order valence-corrected chi connectivity index (χ0v) is 14.1. The zero-order valence-electron chi connectivity index (χ0n) is 12.5. The van der Waals surface area contributed by atoms with E-state index in [9.17, 15) is 5.11 Å². The summed E-state index contributed by atoms with van der Waals surface area (Å²) >= 11 is 3.44. The van der Waals surface area contributed by atoms with Crippen LogP contribution < -0.4 is 5.32 Å². The van der Waals surface area contributed by atoms with E-state index in [0.29, 0.717) is 0 Å². The summed E-state index contributed by atoms with van der Waals surface area (Å²) in [6.07, 6.45) is 4.18. The second-order valence-electron chi connectivity index (χ2n) is 5.84. The largest absolute Gasteiger partial charge is 0.392 e. The number of nitrogens with zero attached hydrogens (tertiary/aromatic N) is 1. The molecule has 2 aromatic heterocycles. The third-order valence-corrected chi connectivity index (χ3v) is 5.93. The van der Waals surface area contributed by atoms with Crippen molar-refractivity contribution in [2.75, 3.05) is 0 Å². The summed E-state index contributed by atoms with van der Waals surface area (Å²) in [5.74, 6) is 0. The van der Waals surface area contributed by atoms with Gasteiger partial charge in [0.25, 0.3) is 0 Å². The van der Waals surface area contributed by atoms with E-state index >= 15 is 0 Å². The number of thiophene rings is 1. The number of aliphatic hydroxyl groups is 1. The van der Waals surface area contributed by atoms with E-state index < -0.39 is 0 Å². The van der Waals surface area contributed by atoms with Crippen LogP contribution in [0.4, 0.5) is 0 Å². The highest BCUT2D eigenvalue weighted by Crippen LogP contribution is 2.31. The van der Waals surface area contributed by atoms with Gasteiger partial charge in [-0.1, -0.05) is 12.8 Å². The molecule has 2 heterocycles. The molecule has 0 aromatic carbocycles. The number of nitrogens with one attached hydrogen (secondary N) is 1. The fourth-order valence-electron chi connectivity index (χ4n) is 2.91. The van der Waals surface area contributed by atoms with Crippen LogP contribution in [0, 0.1) is 6.92 Å². The van der Waals surface area contributed by atoms with Crippen molar-refractivity contribution in [2.45, 2.75) is 57.7 Å². The van der Waals surface area contributed by atoms with Crippen LogP contribution in [0.3, 0.4) is 0 Å². The smallest absolute Gasteiger partial charge is 0.0914 e. The molecule has 1 fully saturated rings. The Morgan fingerprint density at radius 1 is 1.29 bits per heavy atom. The Morgan fingerprint density at radius 2 is 2.10 bits per heavy atom. The van der Waals surface area contributed by atoms with Crippen molar-refractivity contribution in [2.24, 2.45) is 0 Å². The Balaban J connectivity index is 1.67. The van der Waals surface area contributed by atoms with Crippen molar-refractivity contribution in [1.29, 1.82) is 0 Å². The molecule has 3 nitrogen and oxygen atoms in total. The van der Waals surface area contributed by atoms with Crippen molar-refractivity contribution in [3.8, 4) is 10.6 Å². The fourth-order valence-corrected chi connectivity index (χ4v) is 4.56. The molecular weight excluding hydrogens is 300 g/mol. The highest BCUT2D eigenvalue weighted by atomic mass is 32.1. The molecule has 114 valence electrons. The van der Waals surface area contributed by atoms with Crippen LogP contribution >= 0.6 is 22.7 Å². The molecule has 0 aliphatic heterocycles. The number of thiazole rings is 1. The Morgan fingerprint density at radius 3 is 2.81 bits per heavy atom. The Kier molecular flexibility index (Phi) is 4.74. The highest BCUT2D eigenvalue weighted by molar-refractivity contribution is 7.14. The van der Waals surface area contributed by atoms with Gasteiger partial charge < -0.3 is 10.4 Å². The predicted octanol–water partition coefficient (Wildman–Crippen LogP) is 4.13. The third kappa shape index (κ3) is 3.54. The molecule has 0 spiro atoms. The average molecular weight is 322 g/mol. The van der Waals surface area contributed by atoms with Crippen LogP contribution in [0.2, 0.25) is 0 Å². The number of aryl methyl sites for hydroxylation is 1. The van der Waals surface area contributed by atoms with Crippen LogP contribution in [0.5, 0.6) is 0 Å². The number of aliphatic hydroxyl groups excluding tert-OH is 1. The van der Waals surface area contributed by atoms with Gasteiger partial charge in [0, 0.05) is 17.5 Å². The van der Waals surface area contributed by atoms with Crippen LogP contribution in [-0.2, 0) is 0 Å². The van der Waals surface area contributed by atoms with Gasteiger partial charge in [-0.3, -0.25) is 0 Å². The maximum atomic E-state index is 10.1. The highest BCUT2D eigenvalue weighted by Gasteiger charge is 2.24. The summed E-state index contributed by atoms with van der Waals surface area (Å²) in [5, 5.41) is 19.1. The van der Waals surface area contributed by atoms with Crippen LogP contribution in [0.1, 0.15) is 49.2 Å². The molecule has 5 heteroatoms. The van der Waals surface area contributed by atoms with Gasteiger partial charge in [-0.25, -0.2) is 4.98 Å². The van der Waals surface area contributed by atoms with Gasteiger partial charge in [0.15, 0.2) is 0 Å². The topological polar surface area (TPSA) is 45.2 Å². The van der Waals surface area contributed by atoms with Crippen LogP contribution in [-0.4, -0.2) is 22.2 Å². The van der Waals surface area contributed by atoms with Crippen molar-refractivity contribution < 1.29 is 5.11 Å². The maximum absolute atomic E-state index is 10.1. The Bertz CT molecular complexity index is 593. The zero-order chi connectivity index (χ0) is 14.8. The molecule has 0 amide bonds. The lowest BCUT2D eigenvalue weighted by molar-refractivity contribution is 0.0860. The number of hydrogen-bond donors (Lipinski definition) is 2. The first-order valence-electron chi connectivity index (χ1n) is 7.58. The minimum atomic E-state index is -0.194. The molecular formula is C16H22N2OS2. The van der Waals surface area contributed by atoms with E-state index in [1.54, 1.807) is 22.7 Å². The van der Waals surface area contributed by atoms with E-state index in [4.69, 9.17) is 0 Å². The lowest BCUT2D eigenvalue weighted by Crippen LogP contribution is -2.43. The summed E-state index contributed by atoms with van der Waals surface area (Å²) in [4.78, 5) is 5.78. The predicted molar refractivity (Wildman–Crippen MR) is 90.0 cm³/mol. The Labute approximate surface area is 134 Å². The second-order valence-corrected chi connectivity index (χ2v) is 7.82. The van der Waals surface area contributed by atoms with E-state index in [0.717, 1.165) is 30.0 Å². The summed E-state index contributed by atoms with van der Waals surface area (Å²) < 4.78 is 0. The number of hydrogen-bond acceptors (Lipinski definition) is 5. The Hall–Kier alpha value is -0.750. The van der Waals surface area contributed by atoms with E-state index in [2.05, 4.69) is 34.1 Å². The molecule has 1 aliphatic rings. The van der Waals surface area contributed by atoms with Crippen LogP contribution in [0.25, 0.3) is 10.6 Å². The van der Waals surface area contributed by atoms with Crippen molar-refractivity contribution in [1.82, 2.24) is 10.3 Å². The standard InChI is InChI=1S/C16H22N2OS2/c1-10(17-13-5-3-4-6-15(13)19)12-7-16(21-8-12)14-9-20-11(2)18-14/h7-10,13,15,17,19H,3-6H2,1-2H3/t10-,13-,15-/m0/s1. The summed E-state index contributed by atoms with van der Waals surface area (Å²) in [5.41, 5.74) is 2.37. The first kappa shape index (κ1) is 15.2. The van der Waals surface area contributed by atoms with Gasteiger partial charge in [0.2, 0.25) is 0 Å². The lowest BCUT2D eigenvalue weighted by Gasteiger charge is -2.31. The molecule has 21 heavy (non-hydrogen) atoms. The molecule has 2 N–H and O–H groups in total. The summed E-state index contributed by atoms with van der Waals surface area (Å²) in [6, 6.07) is 2.73. The minimum absolute atomic E-state index is 0.194. The molecule has 1 saturated carbocycles. The first-order valence-corrected chi connectivity index (χ1v) is 9.34. The van der Waals surface area contributed by atoms with Gasteiger partial charge in [-0.15, -0.1) is 22.7 Å². The van der Waals surface area contributed by atoms with E-state index in [1.807, 2.05) is 6.92 Å². The summed E-state index contributed by atoms with van der Waals surface area (Å²) in [6.45, 7) is 4.22. The second kappa shape index (κ2) is 6.57. The van der Waals surface area contributed by atoms with Crippen LogP contribution in [0.15, 0.2) is 16.8 Å². The minimum Gasteiger partial charge on any atom is -0.392 e. The van der Waals surface area contributed by atoms with E-state index in [-0.39, 0.29) is 18.2 Å². The number of rotatable bonds is 4. The van der Waals surface area contributed by atoms with Crippen molar-refractivity contribution >= 4 is 22.7 Å². The quantitative estimate of drug-likeness (QED) is 0.889. The van der Waals surface area contributed by atoms with Gasteiger partial charge in [-0.2, -0.15) is 0 Å². The molecule has 3 rings (SSSR count). The van der Waals surface area contributed by atoms with Crippen molar-refractivity contribution in [3.63, 3.8) is 0 Å². The monoisotopic (exact) mass is 322 g/mol. The normalized spacial score (nSPS) is 24.1. The third-order valence-electron chi connectivity index (χ3n) is 4.18. The van der Waals surface area contributed by atoms with Crippen molar-refractivity contribution in [3.05, 3.63) is 27.4 Å². The number of aromatic nitrogens is 1.